The van der Waals surface area contributed by atoms with Gasteiger partial charge in [0.05, 0.1) is 6.10 Å². The van der Waals surface area contributed by atoms with Gasteiger partial charge in [-0.05, 0) is 108 Å². The van der Waals surface area contributed by atoms with Crippen LogP contribution in [0.25, 0.3) is 0 Å². The van der Waals surface area contributed by atoms with E-state index in [-0.39, 0.29) is 61.0 Å². The molecule has 0 heterocycles. The van der Waals surface area contributed by atoms with E-state index in [9.17, 15) is 24.0 Å². The summed E-state index contributed by atoms with van der Waals surface area (Å²) >= 11 is 0. The van der Waals surface area contributed by atoms with E-state index in [1.165, 1.54) is 24.0 Å². The number of allylic oxidation sites excluding steroid dienone is 12. The summed E-state index contributed by atoms with van der Waals surface area (Å²) in [5.41, 5.74) is 3.65. The molecule has 0 aromatic carbocycles. The Morgan fingerprint density at radius 2 is 1.38 bits per heavy atom. The molecule has 0 aromatic rings. The molecule has 0 aromatic heterocycles. The van der Waals surface area contributed by atoms with Crippen LogP contribution in [-0.2, 0) is 24.0 Å². The van der Waals surface area contributed by atoms with Crippen molar-refractivity contribution in [3.05, 3.63) is 71.4 Å². The Morgan fingerprint density at radius 3 is 1.62 bits per heavy atom. The van der Waals surface area contributed by atoms with Crippen molar-refractivity contribution >= 4 is 29.1 Å². The van der Waals surface area contributed by atoms with Gasteiger partial charge in [0.15, 0.2) is 17.3 Å². The van der Waals surface area contributed by atoms with Crippen molar-refractivity contribution in [3.63, 3.8) is 0 Å². The number of hydrogen-bond acceptors (Lipinski definition) is 6. The summed E-state index contributed by atoms with van der Waals surface area (Å²) < 4.78 is 0. The second-order valence-electron chi connectivity index (χ2n) is 15.6. The Hall–Kier alpha value is -3.45. The maximum Gasteiger partial charge on any atom is 0.303 e. The average Bonchev–Trinajstić information content (AvgIpc) is 3.76. The Bertz CT molecular complexity index is 1310. The van der Waals surface area contributed by atoms with Crippen molar-refractivity contribution in [2.75, 3.05) is 0 Å². The predicted octanol–water partition coefficient (Wildman–Crippen LogP) is 11.9. The molecule has 7 heteroatoms. The van der Waals surface area contributed by atoms with Crippen LogP contribution in [0.5, 0.6) is 0 Å². The van der Waals surface area contributed by atoms with Gasteiger partial charge in [0.2, 0.25) is 0 Å². The van der Waals surface area contributed by atoms with Crippen molar-refractivity contribution in [2.45, 2.75) is 161 Å². The maximum absolute atomic E-state index is 10.8. The van der Waals surface area contributed by atoms with Gasteiger partial charge >= 0.3 is 5.97 Å². The van der Waals surface area contributed by atoms with Crippen LogP contribution in [0.2, 0.25) is 0 Å². The van der Waals surface area contributed by atoms with Gasteiger partial charge < -0.3 is 10.2 Å². The first-order chi connectivity index (χ1) is 25.2. The number of ketones is 4. The van der Waals surface area contributed by atoms with Gasteiger partial charge in [-0.1, -0.05) is 123 Å². The second-order valence-corrected chi connectivity index (χ2v) is 15.6. The Kier molecular flexibility index (Phi) is 32.2. The Balaban J connectivity index is -0.000000589. The van der Waals surface area contributed by atoms with Crippen LogP contribution < -0.4 is 0 Å². The lowest BCUT2D eigenvalue weighted by Crippen LogP contribution is -2.13. The number of aliphatic hydroxyl groups is 1. The molecular weight excluding hydrogens is 689 g/mol. The van der Waals surface area contributed by atoms with Crippen LogP contribution in [0.1, 0.15) is 155 Å². The minimum absolute atomic E-state index is 0. The third-order valence-corrected chi connectivity index (χ3v) is 10.5. The molecule has 1 fully saturated rings. The molecule has 1 saturated carbocycles. The zero-order valence-electron chi connectivity index (χ0n) is 36.1. The molecule has 55 heavy (non-hydrogen) atoms. The van der Waals surface area contributed by atoms with Crippen LogP contribution in [-0.4, -0.2) is 45.4 Å². The van der Waals surface area contributed by atoms with Crippen LogP contribution in [0.15, 0.2) is 71.4 Å². The molecule has 4 aliphatic carbocycles. The highest BCUT2D eigenvalue weighted by Crippen LogP contribution is 2.27. The summed E-state index contributed by atoms with van der Waals surface area (Å²) in [4.78, 5) is 53.0. The van der Waals surface area contributed by atoms with Crippen molar-refractivity contribution in [1.29, 1.82) is 0 Å². The molecule has 0 radical (unpaired) electrons. The molecule has 0 spiro atoms. The predicted molar refractivity (Wildman–Crippen MR) is 232 cm³/mol. The highest BCUT2D eigenvalue weighted by Gasteiger charge is 2.34. The number of aliphatic carboxylic acids is 1. The summed E-state index contributed by atoms with van der Waals surface area (Å²) in [6.45, 7) is 26.6. The first kappa shape index (κ1) is 55.9. The lowest BCUT2D eigenvalue weighted by molar-refractivity contribution is -0.137. The summed E-state index contributed by atoms with van der Waals surface area (Å²) in [6.07, 6.45) is 25.1. The van der Waals surface area contributed by atoms with Gasteiger partial charge in [0, 0.05) is 37.0 Å². The van der Waals surface area contributed by atoms with Crippen molar-refractivity contribution in [2.24, 2.45) is 41.4 Å². The van der Waals surface area contributed by atoms with E-state index >= 15 is 0 Å². The highest BCUT2D eigenvalue weighted by atomic mass is 16.4. The number of rotatable bonds is 9. The Morgan fingerprint density at radius 1 is 0.855 bits per heavy atom. The van der Waals surface area contributed by atoms with Crippen LogP contribution in [0, 0.1) is 41.4 Å². The number of carbonyl (C=O) groups excluding carboxylic acids is 4. The molecule has 7 unspecified atom stereocenters. The first-order valence-electron chi connectivity index (χ1n) is 20.2. The zero-order valence-corrected chi connectivity index (χ0v) is 36.1. The zero-order chi connectivity index (χ0) is 42.0. The normalized spacial score (nSPS) is 25.4. The number of carboxylic acids is 1. The maximum atomic E-state index is 10.8. The monoisotopic (exact) mass is 769 g/mol. The molecule has 4 rings (SSSR count). The number of hydrogen-bond donors (Lipinski definition) is 2. The number of carbonyl (C=O) groups is 5. The van der Waals surface area contributed by atoms with Crippen LogP contribution in [0.4, 0.5) is 0 Å². The van der Waals surface area contributed by atoms with Gasteiger partial charge in [-0.25, -0.2) is 0 Å². The number of Topliss-reactive ketones (excluding diaryl/α,β-unsaturated/α-hetero) is 2. The average molecular weight is 769 g/mol. The standard InChI is InChI=1S/C11H20.C8H14O2.C7H12O2.3C7H10O.CH4/c1-5-7-11(4)9-6-8-10(2)3;1-2-3-4-5-6-7-8(9)10;1-4-5(2)7(9)3-6(4)8;3*1-5-3-4-7(8)6(5)2;/h5,7,9-10H,6,8H2,1-4H3;3-4H,2,5-7H2,1H3,(H,9,10);4-6,8H,3H2,1-2H3;3-4H2,1-2H3;2*3-6H,1-2H3;1H4/b7-5+,11-9?;;;;;;. The fourth-order valence-corrected chi connectivity index (χ4v) is 5.40. The second kappa shape index (κ2) is 31.7. The number of aliphatic hydroxyl groups excluding tert-OH is 1. The first-order valence-corrected chi connectivity index (χ1v) is 20.2. The third kappa shape index (κ3) is 26.1. The minimum Gasteiger partial charge on any atom is -0.481 e. The van der Waals surface area contributed by atoms with E-state index in [2.05, 4.69) is 72.8 Å². The fourth-order valence-electron chi connectivity index (χ4n) is 5.40. The van der Waals surface area contributed by atoms with Gasteiger partial charge in [-0.15, -0.1) is 0 Å². The molecule has 314 valence electrons. The van der Waals surface area contributed by atoms with Gasteiger partial charge in [0.25, 0.3) is 0 Å². The summed E-state index contributed by atoms with van der Waals surface area (Å²) in [5, 5.41) is 17.4. The largest absolute Gasteiger partial charge is 0.481 e. The number of carboxylic acid groups (broad SMARTS) is 1. The van der Waals surface area contributed by atoms with Crippen LogP contribution in [0.3, 0.4) is 0 Å². The number of unbranched alkanes of at least 4 members (excludes halogenated alkanes) is 1. The SMILES string of the molecule is C.C/C=C/C(C)=CCCC(C)C.CC1=C(C)C(=O)CC1.CC1C(=O)CC(O)C1C.CC1C=CC(=O)C1C.CC1C=CC(=O)C1C.CCC=CCCCC(=O)O. The smallest absolute Gasteiger partial charge is 0.303 e. The molecule has 2 N–H and O–H groups in total. The molecular formula is C48H80O7. The molecule has 7 nitrogen and oxygen atoms in total. The molecule has 4 aliphatic rings. The van der Waals surface area contributed by atoms with E-state index in [0.29, 0.717) is 24.0 Å². The molecule has 0 aliphatic heterocycles. The van der Waals surface area contributed by atoms with Gasteiger partial charge in [-0.2, -0.15) is 0 Å². The van der Waals surface area contributed by atoms with E-state index in [4.69, 9.17) is 10.2 Å². The van der Waals surface area contributed by atoms with Gasteiger partial charge in [-0.3, -0.25) is 24.0 Å². The quantitative estimate of drug-likeness (QED) is 0.136. The molecule has 0 amide bonds. The summed E-state index contributed by atoms with van der Waals surface area (Å²) in [7, 11) is 0. The fraction of sp³-hybridized carbons (Fsp3) is 0.646. The van der Waals surface area contributed by atoms with Crippen LogP contribution >= 0.6 is 0 Å². The van der Waals surface area contributed by atoms with E-state index < -0.39 is 5.97 Å². The van der Waals surface area contributed by atoms with E-state index in [0.717, 1.165) is 43.6 Å². The topological polar surface area (TPSA) is 126 Å². The summed E-state index contributed by atoms with van der Waals surface area (Å²) in [6, 6.07) is 0. The van der Waals surface area contributed by atoms with Crippen molar-refractivity contribution in [1.82, 2.24) is 0 Å². The molecule has 0 saturated heterocycles. The Labute approximate surface area is 336 Å². The summed E-state index contributed by atoms with van der Waals surface area (Å²) in [5.74, 6) is 2.83. The highest BCUT2D eigenvalue weighted by molar-refractivity contribution is 5.98. The lowest BCUT2D eigenvalue weighted by Gasteiger charge is -2.09. The van der Waals surface area contributed by atoms with E-state index in [1.54, 1.807) is 12.2 Å². The lowest BCUT2D eigenvalue weighted by atomic mass is 9.99. The van der Waals surface area contributed by atoms with Gasteiger partial charge in [0.1, 0.15) is 5.78 Å². The third-order valence-electron chi connectivity index (χ3n) is 10.5. The van der Waals surface area contributed by atoms with Crippen molar-refractivity contribution < 1.29 is 34.2 Å². The minimum atomic E-state index is -0.704. The van der Waals surface area contributed by atoms with E-state index in [1.807, 2.05) is 59.8 Å². The molecule has 7 atom stereocenters. The molecule has 0 bridgehead atoms. The van der Waals surface area contributed by atoms with Crippen molar-refractivity contribution in [3.8, 4) is 0 Å².